The van der Waals surface area contributed by atoms with Crippen molar-refractivity contribution in [3.8, 4) is 5.75 Å². The van der Waals surface area contributed by atoms with Crippen LogP contribution in [-0.2, 0) is 4.74 Å². The van der Waals surface area contributed by atoms with Crippen LogP contribution >= 0.6 is 0 Å². The molecule has 4 rings (SSSR count). The fourth-order valence-electron chi connectivity index (χ4n) is 3.53. The van der Waals surface area contributed by atoms with E-state index in [2.05, 4.69) is 50.5 Å². The summed E-state index contributed by atoms with van der Waals surface area (Å²) in [6.07, 6.45) is 6.68. The molecule has 30 heavy (non-hydrogen) atoms. The van der Waals surface area contributed by atoms with E-state index in [-0.39, 0.29) is 0 Å². The molecule has 0 amide bonds. The molecule has 0 bridgehead atoms. The summed E-state index contributed by atoms with van der Waals surface area (Å²) in [7, 11) is 0. The number of anilines is 2. The van der Waals surface area contributed by atoms with E-state index in [0.717, 1.165) is 67.4 Å². The molecule has 2 heterocycles. The van der Waals surface area contributed by atoms with Crippen molar-refractivity contribution in [2.45, 2.75) is 13.3 Å². The van der Waals surface area contributed by atoms with Crippen LogP contribution in [0.4, 0.5) is 11.5 Å². The third-order valence-electron chi connectivity index (χ3n) is 5.13. The highest BCUT2D eigenvalue weighted by atomic mass is 16.5. The maximum atomic E-state index is 6.00. The summed E-state index contributed by atoms with van der Waals surface area (Å²) >= 11 is 0. The lowest BCUT2D eigenvalue weighted by molar-refractivity contribution is 0.0358. The zero-order valence-electron chi connectivity index (χ0n) is 17.4. The summed E-state index contributed by atoms with van der Waals surface area (Å²) in [6.45, 7) is 7.43. The van der Waals surface area contributed by atoms with Crippen LogP contribution < -0.4 is 10.1 Å². The highest BCUT2D eigenvalue weighted by molar-refractivity contribution is 5.91. The van der Waals surface area contributed by atoms with Gasteiger partial charge in [0.2, 0.25) is 0 Å². The number of benzene rings is 2. The Kier molecular flexibility index (Phi) is 6.90. The van der Waals surface area contributed by atoms with E-state index >= 15 is 0 Å². The number of morpholine rings is 1. The molecular formula is C24H28N4O2. The third kappa shape index (κ3) is 5.34. The summed E-state index contributed by atoms with van der Waals surface area (Å²) in [5.74, 6) is 1.61. The average molecular weight is 405 g/mol. The number of ether oxygens (including phenoxy) is 2. The van der Waals surface area contributed by atoms with Gasteiger partial charge in [0, 0.05) is 30.7 Å². The summed E-state index contributed by atoms with van der Waals surface area (Å²) in [4.78, 5) is 11.3. The lowest BCUT2D eigenvalue weighted by Crippen LogP contribution is -2.37. The van der Waals surface area contributed by atoms with E-state index in [1.807, 2.05) is 31.2 Å². The molecule has 3 aromatic rings. The molecular weight excluding hydrogens is 376 g/mol. The van der Waals surface area contributed by atoms with Crippen LogP contribution in [-0.4, -0.2) is 54.3 Å². The molecule has 1 aliphatic heterocycles. The monoisotopic (exact) mass is 404 g/mol. The van der Waals surface area contributed by atoms with E-state index in [1.165, 1.54) is 5.56 Å². The molecule has 1 aromatic heterocycles. The van der Waals surface area contributed by atoms with E-state index < -0.39 is 0 Å². The van der Waals surface area contributed by atoms with Gasteiger partial charge in [-0.25, -0.2) is 9.97 Å². The van der Waals surface area contributed by atoms with Gasteiger partial charge in [-0.2, -0.15) is 0 Å². The average Bonchev–Trinajstić information content (AvgIpc) is 2.79. The number of nitrogens with zero attached hydrogens (tertiary/aromatic N) is 3. The first-order valence-electron chi connectivity index (χ1n) is 10.5. The van der Waals surface area contributed by atoms with Crippen molar-refractivity contribution in [3.63, 3.8) is 0 Å². The molecule has 156 valence electrons. The predicted octanol–water partition coefficient (Wildman–Crippen LogP) is 4.51. The molecule has 1 N–H and O–H groups in total. The van der Waals surface area contributed by atoms with Gasteiger partial charge in [-0.15, -0.1) is 0 Å². The quantitative estimate of drug-likeness (QED) is 0.558. The fraction of sp³-hybridized carbons (Fsp3) is 0.333. The molecule has 6 nitrogen and oxygen atoms in total. The van der Waals surface area contributed by atoms with Crippen molar-refractivity contribution in [3.05, 3.63) is 60.4 Å². The SMILES string of the molecule is C/C=C/c1ccc(Nc2ncnc3ccc(OCCCN4CCOCC4)cc23)cc1. The van der Waals surface area contributed by atoms with Gasteiger partial charge in [0.1, 0.15) is 17.9 Å². The first-order valence-corrected chi connectivity index (χ1v) is 10.5. The Hall–Kier alpha value is -2.96. The number of aromatic nitrogens is 2. The molecule has 0 atom stereocenters. The van der Waals surface area contributed by atoms with Crippen LogP contribution in [0.25, 0.3) is 17.0 Å². The Labute approximate surface area is 177 Å². The number of allylic oxidation sites excluding steroid dienone is 1. The van der Waals surface area contributed by atoms with Crippen LogP contribution in [0.2, 0.25) is 0 Å². The molecule has 6 heteroatoms. The lowest BCUT2D eigenvalue weighted by Gasteiger charge is -2.26. The minimum absolute atomic E-state index is 0.686. The van der Waals surface area contributed by atoms with Gasteiger partial charge >= 0.3 is 0 Å². The number of rotatable bonds is 8. The predicted molar refractivity (Wildman–Crippen MR) is 121 cm³/mol. The maximum Gasteiger partial charge on any atom is 0.141 e. The molecule has 0 spiro atoms. The van der Waals surface area contributed by atoms with Crippen molar-refractivity contribution >= 4 is 28.5 Å². The van der Waals surface area contributed by atoms with Crippen LogP contribution in [0, 0.1) is 0 Å². The van der Waals surface area contributed by atoms with Crippen molar-refractivity contribution in [2.75, 3.05) is 44.8 Å². The van der Waals surface area contributed by atoms with Crippen LogP contribution in [0.3, 0.4) is 0 Å². The van der Waals surface area contributed by atoms with E-state index in [4.69, 9.17) is 9.47 Å². The second kappa shape index (κ2) is 10.2. The smallest absolute Gasteiger partial charge is 0.141 e. The Bertz CT molecular complexity index is 982. The van der Waals surface area contributed by atoms with Crippen LogP contribution in [0.5, 0.6) is 5.75 Å². The first-order chi connectivity index (χ1) is 14.8. The van der Waals surface area contributed by atoms with Gasteiger partial charge in [-0.1, -0.05) is 24.3 Å². The van der Waals surface area contributed by atoms with Crippen molar-refractivity contribution in [1.82, 2.24) is 14.9 Å². The Morgan fingerprint density at radius 2 is 1.93 bits per heavy atom. The minimum Gasteiger partial charge on any atom is -0.494 e. The molecule has 0 saturated carbocycles. The molecule has 0 unspecified atom stereocenters. The van der Waals surface area contributed by atoms with Crippen molar-refractivity contribution in [2.24, 2.45) is 0 Å². The molecule has 0 aliphatic carbocycles. The van der Waals surface area contributed by atoms with Crippen LogP contribution in [0.15, 0.2) is 54.9 Å². The number of fused-ring (bicyclic) bond motifs is 1. The summed E-state index contributed by atoms with van der Waals surface area (Å²) in [5.41, 5.74) is 3.04. The summed E-state index contributed by atoms with van der Waals surface area (Å²) in [5, 5.41) is 4.35. The second-order valence-electron chi connectivity index (χ2n) is 7.30. The Balaban J connectivity index is 1.41. The number of hydrogen-bond acceptors (Lipinski definition) is 6. The Morgan fingerprint density at radius 3 is 2.73 bits per heavy atom. The van der Waals surface area contributed by atoms with Gasteiger partial charge in [0.05, 0.1) is 25.3 Å². The Morgan fingerprint density at radius 1 is 1.10 bits per heavy atom. The molecule has 2 aromatic carbocycles. The second-order valence-corrected chi connectivity index (χ2v) is 7.30. The zero-order valence-corrected chi connectivity index (χ0v) is 17.4. The highest BCUT2D eigenvalue weighted by Gasteiger charge is 2.10. The van der Waals surface area contributed by atoms with Crippen LogP contribution in [0.1, 0.15) is 18.9 Å². The number of nitrogens with one attached hydrogen (secondary N) is 1. The maximum absolute atomic E-state index is 6.00. The summed E-state index contributed by atoms with van der Waals surface area (Å²) in [6, 6.07) is 14.2. The molecule has 1 saturated heterocycles. The molecule has 0 radical (unpaired) electrons. The van der Waals surface area contributed by atoms with E-state index in [9.17, 15) is 0 Å². The fourth-order valence-corrected chi connectivity index (χ4v) is 3.53. The van der Waals surface area contributed by atoms with E-state index in [0.29, 0.717) is 6.61 Å². The van der Waals surface area contributed by atoms with Gasteiger partial charge in [0.15, 0.2) is 0 Å². The lowest BCUT2D eigenvalue weighted by atomic mass is 10.2. The van der Waals surface area contributed by atoms with Gasteiger partial charge < -0.3 is 14.8 Å². The van der Waals surface area contributed by atoms with Crippen molar-refractivity contribution < 1.29 is 9.47 Å². The normalized spacial score (nSPS) is 15.0. The third-order valence-corrected chi connectivity index (χ3v) is 5.13. The minimum atomic E-state index is 0.686. The van der Waals surface area contributed by atoms with Gasteiger partial charge in [-0.3, -0.25) is 4.90 Å². The van der Waals surface area contributed by atoms with E-state index in [1.54, 1.807) is 6.33 Å². The van der Waals surface area contributed by atoms with Crippen molar-refractivity contribution in [1.29, 1.82) is 0 Å². The highest BCUT2D eigenvalue weighted by Crippen LogP contribution is 2.27. The zero-order chi connectivity index (χ0) is 20.6. The first kappa shape index (κ1) is 20.3. The molecule has 1 aliphatic rings. The van der Waals surface area contributed by atoms with Gasteiger partial charge in [0.25, 0.3) is 0 Å². The largest absolute Gasteiger partial charge is 0.494 e. The topological polar surface area (TPSA) is 59.5 Å². The van der Waals surface area contributed by atoms with Gasteiger partial charge in [-0.05, 0) is 49.2 Å². The number of hydrogen-bond donors (Lipinski definition) is 1. The molecule has 1 fully saturated rings. The summed E-state index contributed by atoms with van der Waals surface area (Å²) < 4.78 is 11.4. The standard InChI is InChI=1S/C24H28N4O2/c1-2-4-19-5-7-20(8-6-19)27-24-22-17-21(9-10-23(22)25-18-26-24)30-14-3-11-28-12-15-29-16-13-28/h2,4-10,17-18H,3,11-16H2,1H3,(H,25,26,27)/b4-2+.